The van der Waals surface area contributed by atoms with Crippen LogP contribution in [0.15, 0.2) is 23.2 Å². The Morgan fingerprint density at radius 1 is 1.83 bits per heavy atom. The lowest BCUT2D eigenvalue weighted by Crippen LogP contribution is -2.13. The van der Waals surface area contributed by atoms with Gasteiger partial charge in [-0.3, -0.25) is 0 Å². The molecule has 0 fully saturated rings. The minimum absolute atomic E-state index is 0.123. The Bertz CT molecular complexity index is 283. The van der Waals surface area contributed by atoms with Crippen LogP contribution in [0.25, 0.3) is 0 Å². The van der Waals surface area contributed by atoms with Gasteiger partial charge in [-0.25, -0.2) is 4.39 Å². The molecule has 0 radical (unpaired) electrons. The number of nitrogens with zero attached hydrogens (tertiary/aromatic N) is 1. The summed E-state index contributed by atoms with van der Waals surface area (Å²) in [5.74, 6) is -0.342. The minimum Gasteiger partial charge on any atom is -0.401 e. The molecule has 0 amide bonds. The molecule has 0 heterocycles. The molecule has 64 valence electrons. The molecule has 2 nitrogen and oxygen atoms in total. The molecule has 1 rings (SSSR count). The molecule has 1 unspecified atom stereocenters. The second-order valence-corrected chi connectivity index (χ2v) is 2.89. The highest BCUT2D eigenvalue weighted by Crippen LogP contribution is 2.29. The van der Waals surface area contributed by atoms with Crippen molar-refractivity contribution in [3.63, 3.8) is 0 Å². The summed E-state index contributed by atoms with van der Waals surface area (Å²) in [6.45, 7) is 1.91. The van der Waals surface area contributed by atoms with Crippen LogP contribution in [0.5, 0.6) is 0 Å². The monoisotopic (exact) mass is 166 g/mol. The van der Waals surface area contributed by atoms with Crippen LogP contribution in [-0.2, 0) is 0 Å². The first-order valence-corrected chi connectivity index (χ1v) is 3.94. The molecule has 1 aliphatic rings. The number of rotatable bonds is 1. The van der Waals surface area contributed by atoms with Crippen molar-refractivity contribution >= 4 is 0 Å². The van der Waals surface area contributed by atoms with E-state index < -0.39 is 0 Å². The molecular weight excluding hydrogens is 155 g/mol. The van der Waals surface area contributed by atoms with Crippen molar-refractivity contribution in [1.29, 1.82) is 5.26 Å². The van der Waals surface area contributed by atoms with Crippen molar-refractivity contribution in [2.45, 2.75) is 19.8 Å². The fraction of sp³-hybridized carbons (Fsp3) is 0.444. The van der Waals surface area contributed by atoms with Gasteiger partial charge in [-0.05, 0) is 18.9 Å². The molecule has 1 atom stereocenters. The molecule has 1 aliphatic carbocycles. The van der Waals surface area contributed by atoms with Crippen molar-refractivity contribution in [1.82, 2.24) is 0 Å². The highest BCUT2D eigenvalue weighted by Gasteiger charge is 2.20. The SMILES string of the molecule is CCC1CC(N)=C(C#N)C=C1F. The van der Waals surface area contributed by atoms with Gasteiger partial charge in [-0.15, -0.1) is 0 Å². The lowest BCUT2D eigenvalue weighted by Gasteiger charge is -2.17. The van der Waals surface area contributed by atoms with Gasteiger partial charge in [0.25, 0.3) is 0 Å². The van der Waals surface area contributed by atoms with Crippen LogP contribution < -0.4 is 5.73 Å². The van der Waals surface area contributed by atoms with E-state index in [2.05, 4.69) is 0 Å². The summed E-state index contributed by atoms with van der Waals surface area (Å²) in [6, 6.07) is 1.87. The average molecular weight is 166 g/mol. The van der Waals surface area contributed by atoms with Crippen LogP contribution in [0.3, 0.4) is 0 Å². The van der Waals surface area contributed by atoms with Crippen LogP contribution in [0.4, 0.5) is 4.39 Å². The Morgan fingerprint density at radius 2 is 2.50 bits per heavy atom. The van der Waals surface area contributed by atoms with Gasteiger partial charge < -0.3 is 5.73 Å². The van der Waals surface area contributed by atoms with Crippen LogP contribution in [0, 0.1) is 17.2 Å². The lowest BCUT2D eigenvalue weighted by atomic mass is 9.91. The van der Waals surface area contributed by atoms with E-state index >= 15 is 0 Å². The zero-order valence-corrected chi connectivity index (χ0v) is 6.97. The van der Waals surface area contributed by atoms with E-state index in [1.54, 1.807) is 0 Å². The molecule has 0 bridgehead atoms. The van der Waals surface area contributed by atoms with E-state index in [-0.39, 0.29) is 17.3 Å². The zero-order valence-electron chi connectivity index (χ0n) is 6.97. The quantitative estimate of drug-likeness (QED) is 0.647. The third-order valence-corrected chi connectivity index (χ3v) is 2.10. The fourth-order valence-electron chi connectivity index (χ4n) is 1.26. The summed E-state index contributed by atoms with van der Waals surface area (Å²) < 4.78 is 13.1. The molecule has 12 heavy (non-hydrogen) atoms. The summed E-state index contributed by atoms with van der Waals surface area (Å²) in [7, 11) is 0. The predicted octanol–water partition coefficient (Wildman–Crippen LogP) is 2.01. The first-order chi connectivity index (χ1) is 5.69. The van der Waals surface area contributed by atoms with Crippen LogP contribution in [0.1, 0.15) is 19.8 Å². The molecular formula is C9H11FN2. The molecule has 0 aromatic carbocycles. The number of nitrogens with two attached hydrogens (primary N) is 1. The summed E-state index contributed by atoms with van der Waals surface area (Å²) in [4.78, 5) is 0. The zero-order chi connectivity index (χ0) is 9.14. The normalized spacial score (nSPS) is 23.4. The molecule has 0 saturated carbocycles. The standard InChI is InChI=1S/C9H11FN2/c1-2-6-4-9(12)7(5-11)3-8(6)10/h3,6H,2,4,12H2,1H3. The molecule has 2 N–H and O–H groups in total. The molecule has 0 aromatic heterocycles. The highest BCUT2D eigenvalue weighted by atomic mass is 19.1. The molecule has 0 saturated heterocycles. The highest BCUT2D eigenvalue weighted by molar-refractivity contribution is 5.41. The van der Waals surface area contributed by atoms with E-state index in [1.165, 1.54) is 6.08 Å². The van der Waals surface area contributed by atoms with Crippen LogP contribution in [0.2, 0.25) is 0 Å². The van der Waals surface area contributed by atoms with Gasteiger partial charge in [0.15, 0.2) is 0 Å². The Balaban J connectivity index is 2.93. The van der Waals surface area contributed by atoms with Gasteiger partial charge in [-0.1, -0.05) is 6.92 Å². The summed E-state index contributed by atoms with van der Waals surface area (Å²) >= 11 is 0. The number of allylic oxidation sites excluding steroid dienone is 4. The number of hydrogen-bond acceptors (Lipinski definition) is 2. The maximum atomic E-state index is 13.1. The van der Waals surface area contributed by atoms with E-state index in [0.29, 0.717) is 12.1 Å². The van der Waals surface area contributed by atoms with E-state index in [4.69, 9.17) is 11.0 Å². The van der Waals surface area contributed by atoms with Gasteiger partial charge in [0.1, 0.15) is 11.9 Å². The predicted molar refractivity (Wildman–Crippen MR) is 44.4 cm³/mol. The number of hydrogen-bond donors (Lipinski definition) is 1. The van der Waals surface area contributed by atoms with Gasteiger partial charge in [0.2, 0.25) is 0 Å². The minimum atomic E-state index is -0.219. The van der Waals surface area contributed by atoms with Gasteiger partial charge in [0, 0.05) is 11.6 Å². The van der Waals surface area contributed by atoms with Crippen molar-refractivity contribution in [3.8, 4) is 6.07 Å². The first-order valence-electron chi connectivity index (χ1n) is 3.94. The molecule has 0 aromatic rings. The van der Waals surface area contributed by atoms with E-state index in [1.807, 2.05) is 13.0 Å². The largest absolute Gasteiger partial charge is 0.401 e. The first kappa shape index (κ1) is 8.79. The number of nitriles is 1. The maximum Gasteiger partial charge on any atom is 0.105 e. The smallest absolute Gasteiger partial charge is 0.105 e. The second-order valence-electron chi connectivity index (χ2n) is 2.89. The van der Waals surface area contributed by atoms with E-state index in [9.17, 15) is 4.39 Å². The van der Waals surface area contributed by atoms with Crippen molar-refractivity contribution in [3.05, 3.63) is 23.2 Å². The Labute approximate surface area is 71.2 Å². The van der Waals surface area contributed by atoms with Crippen molar-refractivity contribution in [2.75, 3.05) is 0 Å². The molecule has 0 spiro atoms. The Hall–Kier alpha value is -1.30. The Kier molecular flexibility index (Phi) is 2.49. The lowest BCUT2D eigenvalue weighted by molar-refractivity contribution is 0.441. The third kappa shape index (κ3) is 1.48. The summed E-state index contributed by atoms with van der Waals surface area (Å²) in [6.07, 6.45) is 2.44. The van der Waals surface area contributed by atoms with Gasteiger partial charge >= 0.3 is 0 Å². The average Bonchev–Trinajstić information content (AvgIpc) is 2.08. The van der Waals surface area contributed by atoms with Gasteiger partial charge in [-0.2, -0.15) is 5.26 Å². The fourth-order valence-corrected chi connectivity index (χ4v) is 1.26. The number of halogens is 1. The van der Waals surface area contributed by atoms with Gasteiger partial charge in [0.05, 0.1) is 5.57 Å². The van der Waals surface area contributed by atoms with Crippen molar-refractivity contribution < 1.29 is 4.39 Å². The summed E-state index contributed by atoms with van der Waals surface area (Å²) in [5.41, 5.74) is 6.34. The third-order valence-electron chi connectivity index (χ3n) is 2.10. The topological polar surface area (TPSA) is 49.8 Å². The second kappa shape index (κ2) is 3.40. The van der Waals surface area contributed by atoms with Crippen LogP contribution in [-0.4, -0.2) is 0 Å². The molecule has 3 heteroatoms. The molecule has 0 aliphatic heterocycles. The van der Waals surface area contributed by atoms with Crippen molar-refractivity contribution in [2.24, 2.45) is 11.7 Å². The van der Waals surface area contributed by atoms with E-state index in [0.717, 1.165) is 6.42 Å². The van der Waals surface area contributed by atoms with Crippen LogP contribution >= 0.6 is 0 Å². The summed E-state index contributed by atoms with van der Waals surface area (Å²) in [5, 5.41) is 8.54. The Morgan fingerprint density at radius 3 is 3.00 bits per heavy atom. The maximum absolute atomic E-state index is 13.1.